The van der Waals surface area contributed by atoms with E-state index in [1.165, 1.54) is 0 Å². The molecule has 128 valence electrons. The lowest BCUT2D eigenvalue weighted by Gasteiger charge is -2.21. The Bertz CT molecular complexity index is 397. The quantitative estimate of drug-likeness (QED) is 0.742. The minimum absolute atomic E-state index is 0.0507. The second-order valence-corrected chi connectivity index (χ2v) is 5.68. The van der Waals surface area contributed by atoms with Crippen LogP contribution < -0.4 is 5.32 Å². The molecule has 1 rings (SSSR count). The van der Waals surface area contributed by atoms with E-state index in [9.17, 15) is 27.9 Å². The Morgan fingerprint density at radius 3 is 2.50 bits per heavy atom. The third-order valence-corrected chi connectivity index (χ3v) is 4.03. The zero-order chi connectivity index (χ0) is 16.9. The van der Waals surface area contributed by atoms with Gasteiger partial charge in [-0.2, -0.15) is 13.2 Å². The molecule has 0 radical (unpaired) electrons. The van der Waals surface area contributed by atoms with Crippen molar-refractivity contribution in [2.45, 2.75) is 45.4 Å². The number of likely N-dealkylation sites (tertiary alicyclic amines) is 1. The van der Waals surface area contributed by atoms with Gasteiger partial charge in [-0.25, -0.2) is 0 Å². The molecule has 2 N–H and O–H groups in total. The van der Waals surface area contributed by atoms with E-state index in [4.69, 9.17) is 0 Å². The van der Waals surface area contributed by atoms with Crippen LogP contribution in [0.4, 0.5) is 13.2 Å². The maximum Gasteiger partial charge on any atom is 0.406 e. The standard InChI is InChI=1S/C14H23F3N2O3/c1-3-9(4-2)11(20)6-18-13(22)10-5-12(21)19(7-10)8-14(15,16)17/h9-11,20H,3-8H2,1-2H3,(H,18,22). The average molecular weight is 324 g/mol. The normalized spacial score (nSPS) is 20.6. The molecular weight excluding hydrogens is 301 g/mol. The number of amides is 2. The van der Waals surface area contributed by atoms with Crippen molar-refractivity contribution in [2.24, 2.45) is 11.8 Å². The summed E-state index contributed by atoms with van der Waals surface area (Å²) in [5.41, 5.74) is 0. The van der Waals surface area contributed by atoms with Crippen LogP contribution in [0.3, 0.4) is 0 Å². The maximum absolute atomic E-state index is 12.3. The molecule has 2 unspecified atom stereocenters. The highest BCUT2D eigenvalue weighted by molar-refractivity contribution is 5.89. The molecule has 0 saturated carbocycles. The summed E-state index contributed by atoms with van der Waals surface area (Å²) >= 11 is 0. The van der Waals surface area contributed by atoms with Crippen LogP contribution in [0.2, 0.25) is 0 Å². The lowest BCUT2D eigenvalue weighted by atomic mass is 9.96. The van der Waals surface area contributed by atoms with Crippen molar-refractivity contribution < 1.29 is 27.9 Å². The summed E-state index contributed by atoms with van der Waals surface area (Å²) in [7, 11) is 0. The minimum Gasteiger partial charge on any atom is -0.391 e. The van der Waals surface area contributed by atoms with Crippen LogP contribution in [-0.2, 0) is 9.59 Å². The van der Waals surface area contributed by atoms with E-state index in [1.807, 2.05) is 13.8 Å². The van der Waals surface area contributed by atoms with Gasteiger partial charge in [-0.15, -0.1) is 0 Å². The van der Waals surface area contributed by atoms with Gasteiger partial charge < -0.3 is 15.3 Å². The zero-order valence-electron chi connectivity index (χ0n) is 12.8. The van der Waals surface area contributed by atoms with Crippen molar-refractivity contribution in [1.82, 2.24) is 10.2 Å². The number of nitrogens with zero attached hydrogens (tertiary/aromatic N) is 1. The third kappa shape index (κ3) is 5.47. The Kier molecular flexibility index (Phi) is 6.65. The first-order valence-corrected chi connectivity index (χ1v) is 7.48. The van der Waals surface area contributed by atoms with Gasteiger partial charge in [0, 0.05) is 19.5 Å². The number of hydrogen-bond acceptors (Lipinski definition) is 3. The predicted molar refractivity (Wildman–Crippen MR) is 73.8 cm³/mol. The first-order chi connectivity index (χ1) is 10.2. The topological polar surface area (TPSA) is 69.6 Å². The minimum atomic E-state index is -4.47. The molecular formula is C14H23F3N2O3. The number of carbonyl (C=O) groups is 2. The fraction of sp³-hybridized carbons (Fsp3) is 0.857. The highest BCUT2D eigenvalue weighted by atomic mass is 19.4. The fourth-order valence-electron chi connectivity index (χ4n) is 2.67. The summed E-state index contributed by atoms with van der Waals surface area (Å²) in [6.45, 7) is 2.36. The highest BCUT2D eigenvalue weighted by Gasteiger charge is 2.40. The highest BCUT2D eigenvalue weighted by Crippen LogP contribution is 2.24. The number of halogens is 3. The summed E-state index contributed by atoms with van der Waals surface area (Å²) in [5, 5.41) is 12.4. The molecule has 8 heteroatoms. The Morgan fingerprint density at radius 1 is 1.41 bits per heavy atom. The molecule has 1 aliphatic rings. The molecule has 1 saturated heterocycles. The number of carbonyl (C=O) groups excluding carboxylic acids is 2. The van der Waals surface area contributed by atoms with E-state index in [1.54, 1.807) is 0 Å². The van der Waals surface area contributed by atoms with Gasteiger partial charge in [0.25, 0.3) is 0 Å². The van der Waals surface area contributed by atoms with Crippen LogP contribution in [0, 0.1) is 11.8 Å². The Balaban J connectivity index is 2.46. The van der Waals surface area contributed by atoms with E-state index < -0.39 is 36.6 Å². The number of hydrogen-bond donors (Lipinski definition) is 2. The van der Waals surface area contributed by atoms with Crippen molar-refractivity contribution in [3.63, 3.8) is 0 Å². The van der Waals surface area contributed by atoms with Crippen molar-refractivity contribution in [3.8, 4) is 0 Å². The molecule has 1 aliphatic heterocycles. The molecule has 0 spiro atoms. The number of aliphatic hydroxyl groups is 1. The second-order valence-electron chi connectivity index (χ2n) is 5.68. The molecule has 1 fully saturated rings. The van der Waals surface area contributed by atoms with Crippen molar-refractivity contribution >= 4 is 11.8 Å². The molecule has 0 aromatic rings. The van der Waals surface area contributed by atoms with Gasteiger partial charge in [-0.3, -0.25) is 9.59 Å². The summed E-state index contributed by atoms with van der Waals surface area (Å²) in [4.78, 5) is 24.1. The van der Waals surface area contributed by atoms with Gasteiger partial charge >= 0.3 is 6.18 Å². The van der Waals surface area contributed by atoms with E-state index in [2.05, 4.69) is 5.32 Å². The van der Waals surface area contributed by atoms with Crippen LogP contribution in [-0.4, -0.2) is 53.7 Å². The summed E-state index contributed by atoms with van der Waals surface area (Å²) in [5.74, 6) is -1.88. The van der Waals surface area contributed by atoms with Crippen LogP contribution >= 0.6 is 0 Å². The summed E-state index contributed by atoms with van der Waals surface area (Å²) in [6, 6.07) is 0. The smallest absolute Gasteiger partial charge is 0.391 e. The molecule has 2 amide bonds. The number of rotatable bonds is 7. The summed E-state index contributed by atoms with van der Waals surface area (Å²) in [6.07, 6.45) is -3.83. The van der Waals surface area contributed by atoms with Crippen LogP contribution in [0.25, 0.3) is 0 Å². The van der Waals surface area contributed by atoms with Gasteiger partial charge in [0.1, 0.15) is 6.54 Å². The van der Waals surface area contributed by atoms with Gasteiger partial charge in [0.15, 0.2) is 0 Å². The molecule has 0 aromatic heterocycles. The van der Waals surface area contributed by atoms with E-state index in [0.717, 1.165) is 12.8 Å². The molecule has 5 nitrogen and oxygen atoms in total. The van der Waals surface area contributed by atoms with Crippen molar-refractivity contribution in [3.05, 3.63) is 0 Å². The number of aliphatic hydroxyl groups excluding tert-OH is 1. The van der Waals surface area contributed by atoms with Crippen molar-refractivity contribution in [1.29, 1.82) is 0 Å². The monoisotopic (exact) mass is 324 g/mol. The summed E-state index contributed by atoms with van der Waals surface area (Å²) < 4.78 is 36.9. The van der Waals surface area contributed by atoms with Gasteiger partial charge in [0.05, 0.1) is 12.0 Å². The Morgan fingerprint density at radius 2 is 2.00 bits per heavy atom. The SMILES string of the molecule is CCC(CC)C(O)CNC(=O)C1CC(=O)N(CC(F)(F)F)C1. The van der Waals surface area contributed by atoms with E-state index >= 15 is 0 Å². The second kappa shape index (κ2) is 7.80. The Hall–Kier alpha value is -1.31. The molecule has 0 aliphatic carbocycles. The predicted octanol–water partition coefficient (Wildman–Crippen LogP) is 1.31. The molecule has 0 bridgehead atoms. The van der Waals surface area contributed by atoms with E-state index in [0.29, 0.717) is 4.90 Å². The van der Waals surface area contributed by atoms with Crippen LogP contribution in [0.5, 0.6) is 0 Å². The van der Waals surface area contributed by atoms with Gasteiger partial charge in [-0.05, 0) is 5.92 Å². The maximum atomic E-state index is 12.3. The largest absolute Gasteiger partial charge is 0.406 e. The van der Waals surface area contributed by atoms with Gasteiger partial charge in [-0.1, -0.05) is 26.7 Å². The first-order valence-electron chi connectivity index (χ1n) is 7.48. The van der Waals surface area contributed by atoms with E-state index in [-0.39, 0.29) is 25.4 Å². The zero-order valence-corrected chi connectivity index (χ0v) is 12.8. The van der Waals surface area contributed by atoms with Gasteiger partial charge in [0.2, 0.25) is 11.8 Å². The number of nitrogens with one attached hydrogen (secondary N) is 1. The van der Waals surface area contributed by atoms with Crippen molar-refractivity contribution in [2.75, 3.05) is 19.6 Å². The van der Waals surface area contributed by atoms with Crippen LogP contribution in [0.15, 0.2) is 0 Å². The molecule has 0 aromatic carbocycles. The lowest BCUT2D eigenvalue weighted by molar-refractivity contribution is -0.157. The molecule has 1 heterocycles. The third-order valence-electron chi connectivity index (χ3n) is 4.03. The van der Waals surface area contributed by atoms with Crippen LogP contribution in [0.1, 0.15) is 33.1 Å². The Labute approximate surface area is 127 Å². The average Bonchev–Trinajstić information content (AvgIpc) is 2.77. The first kappa shape index (κ1) is 18.7. The fourth-order valence-corrected chi connectivity index (χ4v) is 2.67. The molecule has 2 atom stereocenters. The molecule has 22 heavy (non-hydrogen) atoms. The number of alkyl halides is 3. The lowest BCUT2D eigenvalue weighted by Crippen LogP contribution is -2.40.